The van der Waals surface area contributed by atoms with Crippen LogP contribution in [0.5, 0.6) is 5.75 Å². The van der Waals surface area contributed by atoms with E-state index in [-0.39, 0.29) is 17.7 Å². The van der Waals surface area contributed by atoms with Crippen LogP contribution >= 0.6 is 0 Å². The fourth-order valence-electron chi connectivity index (χ4n) is 5.74. The number of ether oxygens (including phenoxy) is 1. The normalized spacial score (nSPS) is 22.3. The maximum Gasteiger partial charge on any atom is 0.310 e. The van der Waals surface area contributed by atoms with Crippen LogP contribution in [0.2, 0.25) is 0 Å². The molecular weight excluding hydrogens is 461 g/mol. The van der Waals surface area contributed by atoms with E-state index in [1.54, 1.807) is 19.1 Å². The number of halogens is 1. The lowest BCUT2D eigenvalue weighted by Gasteiger charge is -2.35. The number of methoxy groups -OCH3 is 1. The summed E-state index contributed by atoms with van der Waals surface area (Å²) in [5.74, 6) is 1.28. The molecule has 1 aliphatic carbocycles. The van der Waals surface area contributed by atoms with E-state index in [0.29, 0.717) is 40.6 Å². The molecule has 36 heavy (non-hydrogen) atoms. The third-order valence-corrected chi connectivity index (χ3v) is 7.95. The van der Waals surface area contributed by atoms with Crippen LogP contribution in [0.3, 0.4) is 0 Å². The van der Waals surface area contributed by atoms with Crippen molar-refractivity contribution in [1.29, 1.82) is 0 Å². The van der Waals surface area contributed by atoms with E-state index in [4.69, 9.17) is 9.72 Å². The largest absolute Gasteiger partial charge is 0.494 e. The number of hydrogen-bond acceptors (Lipinski definition) is 8. The molecule has 1 amide bonds. The second-order valence-corrected chi connectivity index (χ2v) is 9.93. The molecule has 2 unspecified atom stereocenters. The number of rotatable bonds is 9. The summed E-state index contributed by atoms with van der Waals surface area (Å²) in [5.41, 5.74) is 0.519. The number of quaternary nitrogens is 1. The lowest BCUT2D eigenvalue weighted by atomic mass is 9.95. The van der Waals surface area contributed by atoms with Gasteiger partial charge in [-0.15, -0.1) is 0 Å². The number of amides is 1. The van der Waals surface area contributed by atoms with E-state index in [0.717, 1.165) is 38.8 Å². The molecule has 2 aromatic rings. The van der Waals surface area contributed by atoms with Gasteiger partial charge in [-0.25, -0.2) is 9.18 Å². The van der Waals surface area contributed by atoms with Crippen LogP contribution in [0.25, 0.3) is 0 Å². The molecule has 4 rings (SSSR count). The van der Waals surface area contributed by atoms with Gasteiger partial charge in [0.15, 0.2) is 11.6 Å². The van der Waals surface area contributed by atoms with E-state index in [2.05, 4.69) is 32.4 Å². The van der Waals surface area contributed by atoms with Crippen molar-refractivity contribution in [1.82, 2.24) is 15.0 Å². The fraction of sp³-hybridized carbons (Fsp3) is 0.615. The Kier molecular flexibility index (Phi) is 8.23. The van der Waals surface area contributed by atoms with Crippen molar-refractivity contribution in [2.24, 2.45) is 0 Å². The van der Waals surface area contributed by atoms with E-state index in [1.807, 2.05) is 7.05 Å². The van der Waals surface area contributed by atoms with Crippen LogP contribution in [0.15, 0.2) is 18.2 Å². The van der Waals surface area contributed by atoms with Crippen LogP contribution in [0.4, 0.5) is 27.9 Å². The molecule has 1 aromatic heterocycles. The van der Waals surface area contributed by atoms with Crippen LogP contribution in [-0.2, 0) is 4.79 Å². The Balaban J connectivity index is 1.59. The molecule has 2 heterocycles. The summed E-state index contributed by atoms with van der Waals surface area (Å²) in [4.78, 5) is 28.6. The standard InChI is InChI=1S/C26H39FN7O2/c1-5-34(18(2)35)15-9-12-21(34)17-28-24-30-25(29-19-13-14-23(36-4)22(27)16-19)32-26(31-24)33(3)20-10-7-6-8-11-20/h13-14,16,20-21H,5-12,15,17H2,1-4H3,(H2,28,29,30,31,32)/q+1. The molecule has 0 radical (unpaired) electrons. The molecule has 2 fully saturated rings. The molecule has 10 heteroatoms. The topological polar surface area (TPSA) is 92.3 Å². The van der Waals surface area contributed by atoms with Crippen molar-refractivity contribution in [2.75, 3.05) is 49.3 Å². The highest BCUT2D eigenvalue weighted by Gasteiger charge is 2.44. The van der Waals surface area contributed by atoms with Gasteiger partial charge < -0.3 is 20.3 Å². The van der Waals surface area contributed by atoms with Gasteiger partial charge in [0.25, 0.3) is 0 Å². The smallest absolute Gasteiger partial charge is 0.310 e. The van der Waals surface area contributed by atoms with Gasteiger partial charge in [0.1, 0.15) is 6.04 Å². The molecule has 0 bridgehead atoms. The van der Waals surface area contributed by atoms with Crippen molar-refractivity contribution < 1.29 is 18.4 Å². The molecule has 0 spiro atoms. The van der Waals surface area contributed by atoms with Crippen LogP contribution in [0, 0.1) is 5.82 Å². The lowest BCUT2D eigenvalue weighted by molar-refractivity contribution is -0.862. The van der Waals surface area contributed by atoms with Crippen LogP contribution < -0.4 is 20.3 Å². The highest BCUT2D eigenvalue weighted by molar-refractivity contribution is 5.66. The summed E-state index contributed by atoms with van der Waals surface area (Å²) in [5, 5.41) is 6.52. The average molecular weight is 501 g/mol. The number of carbonyl (C=O) groups excluding carboxylic acids is 1. The first-order chi connectivity index (χ1) is 17.4. The SMILES string of the molecule is CC[N+]1(C(C)=O)CCCC1CNc1nc(Nc2ccc(OC)c(F)c2)nc(N(C)C2CCCCC2)n1. The zero-order valence-corrected chi connectivity index (χ0v) is 21.9. The number of likely N-dealkylation sites (N-methyl/N-ethyl adjacent to an activating group) is 1. The maximum absolute atomic E-state index is 14.3. The summed E-state index contributed by atoms with van der Waals surface area (Å²) in [6.45, 7) is 6.03. The van der Waals surface area contributed by atoms with Gasteiger partial charge >= 0.3 is 5.91 Å². The van der Waals surface area contributed by atoms with Crippen molar-refractivity contribution in [3.05, 3.63) is 24.0 Å². The summed E-state index contributed by atoms with van der Waals surface area (Å²) in [7, 11) is 3.46. The van der Waals surface area contributed by atoms with Crippen LogP contribution in [-0.4, -0.2) is 71.2 Å². The zero-order chi connectivity index (χ0) is 25.7. The van der Waals surface area contributed by atoms with Crippen molar-refractivity contribution in [3.8, 4) is 5.75 Å². The predicted molar refractivity (Wildman–Crippen MR) is 139 cm³/mol. The average Bonchev–Trinajstić information content (AvgIpc) is 3.32. The molecule has 2 atom stereocenters. The maximum atomic E-state index is 14.3. The van der Waals surface area contributed by atoms with Gasteiger partial charge in [0, 0.05) is 37.7 Å². The quantitative estimate of drug-likeness (QED) is 0.487. The molecule has 9 nitrogen and oxygen atoms in total. The Morgan fingerprint density at radius 2 is 1.89 bits per heavy atom. The minimum atomic E-state index is -0.464. The summed E-state index contributed by atoms with van der Waals surface area (Å²) >= 11 is 0. The Morgan fingerprint density at radius 3 is 2.56 bits per heavy atom. The molecule has 2 aliphatic rings. The molecule has 1 aliphatic heterocycles. The summed E-state index contributed by atoms with van der Waals surface area (Å²) in [6, 6.07) is 5.20. The number of nitrogens with one attached hydrogen (secondary N) is 2. The molecule has 196 valence electrons. The van der Waals surface area contributed by atoms with Gasteiger partial charge in [-0.1, -0.05) is 19.3 Å². The number of hydrogen-bond donors (Lipinski definition) is 2. The first-order valence-corrected chi connectivity index (χ1v) is 13.1. The van der Waals surface area contributed by atoms with Gasteiger partial charge in [-0.2, -0.15) is 15.0 Å². The Labute approximate surface area is 213 Å². The highest BCUT2D eigenvalue weighted by Crippen LogP contribution is 2.29. The van der Waals surface area contributed by atoms with Crippen molar-refractivity contribution in [2.45, 2.75) is 70.9 Å². The van der Waals surface area contributed by atoms with E-state index < -0.39 is 5.82 Å². The summed E-state index contributed by atoms with van der Waals surface area (Å²) < 4.78 is 19.8. The molecule has 1 aromatic carbocycles. The van der Waals surface area contributed by atoms with Crippen LogP contribution in [0.1, 0.15) is 58.8 Å². The first-order valence-electron chi connectivity index (χ1n) is 13.1. The molecule has 2 N–H and O–H groups in total. The highest BCUT2D eigenvalue weighted by atomic mass is 19.1. The number of nitrogens with zero attached hydrogens (tertiary/aromatic N) is 5. The number of aromatic nitrogens is 3. The minimum Gasteiger partial charge on any atom is -0.494 e. The number of likely N-dealkylation sites (tertiary alicyclic amines) is 1. The number of benzene rings is 1. The van der Waals surface area contributed by atoms with Gasteiger partial charge in [-0.05, 0) is 31.9 Å². The summed E-state index contributed by atoms with van der Waals surface area (Å²) in [6.07, 6.45) is 7.89. The lowest BCUT2D eigenvalue weighted by Crippen LogP contribution is -2.57. The Bertz CT molecular complexity index is 1060. The molecule has 1 saturated heterocycles. The second-order valence-electron chi connectivity index (χ2n) is 9.93. The fourth-order valence-corrected chi connectivity index (χ4v) is 5.74. The van der Waals surface area contributed by atoms with E-state index in [9.17, 15) is 9.18 Å². The second kappa shape index (κ2) is 11.4. The Morgan fingerprint density at radius 1 is 1.14 bits per heavy atom. The Hall–Kier alpha value is -3.01. The van der Waals surface area contributed by atoms with Gasteiger partial charge in [0.05, 0.1) is 33.7 Å². The zero-order valence-electron chi connectivity index (χ0n) is 21.9. The van der Waals surface area contributed by atoms with E-state index in [1.165, 1.54) is 32.4 Å². The number of carbonyl (C=O) groups is 1. The predicted octanol–water partition coefficient (Wildman–Crippen LogP) is 4.49. The third kappa shape index (κ3) is 5.53. The monoisotopic (exact) mass is 500 g/mol. The van der Waals surface area contributed by atoms with Crippen molar-refractivity contribution in [3.63, 3.8) is 0 Å². The first kappa shape index (κ1) is 26.1. The van der Waals surface area contributed by atoms with E-state index >= 15 is 0 Å². The van der Waals surface area contributed by atoms with Crippen molar-refractivity contribution >= 4 is 29.4 Å². The number of anilines is 4. The molecular formula is C26H39FN7O2+. The van der Waals surface area contributed by atoms with Gasteiger partial charge in [-0.3, -0.25) is 4.48 Å². The van der Waals surface area contributed by atoms with Gasteiger partial charge in [0.2, 0.25) is 17.8 Å². The molecule has 1 saturated carbocycles. The third-order valence-electron chi connectivity index (χ3n) is 7.95. The minimum absolute atomic E-state index is 0.177.